The van der Waals surface area contributed by atoms with Gasteiger partial charge in [-0.05, 0) is 70.9 Å². The standard InChI is InChI=1S/C21H20N2.C21H19N2.Ir/c2*1-15(2)14-23-20-9-4-3-7-17(20)18-13-16(10-11-21(18)23)19-8-5-6-12-22-19;/h3-13,15H,14H2,1-2H3;3-9,11-13,15H,14H2,1-2H3;/q;-1;. The van der Waals surface area contributed by atoms with E-state index in [-0.39, 0.29) is 20.1 Å². The molecule has 4 aromatic carbocycles. The number of fused-ring (bicyclic) bond motifs is 6. The Hall–Kier alpha value is -4.57. The Morgan fingerprint density at radius 3 is 1.62 bits per heavy atom. The van der Waals surface area contributed by atoms with Crippen molar-refractivity contribution in [2.24, 2.45) is 11.8 Å². The van der Waals surface area contributed by atoms with E-state index in [2.05, 4.69) is 138 Å². The molecule has 0 atom stereocenters. The van der Waals surface area contributed by atoms with Crippen LogP contribution in [0, 0.1) is 17.9 Å². The molecule has 0 aliphatic rings. The Bertz CT molecular complexity index is 2100. The van der Waals surface area contributed by atoms with Crippen LogP contribution in [-0.2, 0) is 33.2 Å². The van der Waals surface area contributed by atoms with Gasteiger partial charge in [0.05, 0.1) is 5.69 Å². The number of pyridine rings is 2. The van der Waals surface area contributed by atoms with Gasteiger partial charge in [0.2, 0.25) is 0 Å². The molecule has 0 N–H and O–H groups in total. The SMILES string of the molecule is CC(C)Cn1c2c[c-]c(-c3ccccn3)cc2c2ccccc21.CC(C)Cn1c2ccccc2c2cc(-c3ccccn3)ccc21.[Ir]. The van der Waals surface area contributed by atoms with Gasteiger partial charge in [0.15, 0.2) is 0 Å². The van der Waals surface area contributed by atoms with Crippen LogP contribution < -0.4 is 0 Å². The van der Waals surface area contributed by atoms with Gasteiger partial charge in [-0.25, -0.2) is 0 Å². The molecule has 237 valence electrons. The average molecular weight is 792 g/mol. The largest absolute Gasteiger partial charge is 0.380 e. The minimum Gasteiger partial charge on any atom is -0.380 e. The zero-order chi connectivity index (χ0) is 31.6. The van der Waals surface area contributed by atoms with Crippen LogP contribution in [0.3, 0.4) is 0 Å². The Morgan fingerprint density at radius 1 is 0.532 bits per heavy atom. The van der Waals surface area contributed by atoms with E-state index in [1.165, 1.54) is 49.2 Å². The summed E-state index contributed by atoms with van der Waals surface area (Å²) in [5.41, 5.74) is 9.37. The van der Waals surface area contributed by atoms with E-state index in [4.69, 9.17) is 0 Å². The molecule has 0 fully saturated rings. The molecule has 4 aromatic heterocycles. The summed E-state index contributed by atoms with van der Waals surface area (Å²) >= 11 is 0. The van der Waals surface area contributed by atoms with Crippen molar-refractivity contribution in [1.82, 2.24) is 19.1 Å². The molecule has 0 unspecified atom stereocenters. The van der Waals surface area contributed by atoms with Gasteiger partial charge in [-0.15, -0.1) is 23.8 Å². The zero-order valence-corrected chi connectivity index (χ0v) is 29.7. The molecular formula is C42H39IrN4-. The van der Waals surface area contributed by atoms with Crippen molar-refractivity contribution in [3.63, 3.8) is 0 Å². The van der Waals surface area contributed by atoms with Crippen molar-refractivity contribution >= 4 is 43.6 Å². The Balaban J connectivity index is 0.000000161. The summed E-state index contributed by atoms with van der Waals surface area (Å²) in [5, 5.41) is 5.21. The van der Waals surface area contributed by atoms with Crippen LogP contribution in [0.25, 0.3) is 66.1 Å². The molecule has 0 saturated heterocycles. The van der Waals surface area contributed by atoms with Gasteiger partial charge in [0, 0.05) is 78.5 Å². The Labute approximate surface area is 290 Å². The summed E-state index contributed by atoms with van der Waals surface area (Å²) in [6.45, 7) is 11.1. The van der Waals surface area contributed by atoms with Crippen molar-refractivity contribution in [2.75, 3.05) is 0 Å². The minimum atomic E-state index is 0. The van der Waals surface area contributed by atoms with E-state index < -0.39 is 0 Å². The van der Waals surface area contributed by atoms with Crippen molar-refractivity contribution in [3.8, 4) is 22.5 Å². The molecular weight excluding hydrogens is 753 g/mol. The first-order valence-electron chi connectivity index (χ1n) is 16.2. The fraction of sp³-hybridized carbons (Fsp3) is 0.190. The van der Waals surface area contributed by atoms with Gasteiger partial charge >= 0.3 is 0 Å². The molecule has 8 rings (SSSR count). The fourth-order valence-corrected chi connectivity index (χ4v) is 6.53. The van der Waals surface area contributed by atoms with Crippen molar-refractivity contribution in [3.05, 3.63) is 134 Å². The first-order valence-corrected chi connectivity index (χ1v) is 16.2. The van der Waals surface area contributed by atoms with Crippen LogP contribution in [-0.4, -0.2) is 19.1 Å². The number of nitrogens with zero attached hydrogens (tertiary/aromatic N) is 4. The fourth-order valence-electron chi connectivity index (χ4n) is 6.53. The van der Waals surface area contributed by atoms with E-state index in [0.29, 0.717) is 11.8 Å². The van der Waals surface area contributed by atoms with Gasteiger partial charge < -0.3 is 14.1 Å². The number of rotatable bonds is 6. The van der Waals surface area contributed by atoms with Crippen molar-refractivity contribution < 1.29 is 20.1 Å². The van der Waals surface area contributed by atoms with Crippen LogP contribution in [0.5, 0.6) is 0 Å². The topological polar surface area (TPSA) is 35.6 Å². The summed E-state index contributed by atoms with van der Waals surface area (Å²) in [6, 6.07) is 43.8. The van der Waals surface area contributed by atoms with E-state index in [1.807, 2.05) is 42.7 Å². The Kier molecular flexibility index (Phi) is 9.68. The first kappa shape index (κ1) is 32.4. The molecule has 0 aliphatic carbocycles. The predicted molar refractivity (Wildman–Crippen MR) is 194 cm³/mol. The predicted octanol–water partition coefficient (Wildman–Crippen LogP) is 10.8. The summed E-state index contributed by atoms with van der Waals surface area (Å²) < 4.78 is 4.85. The maximum Gasteiger partial charge on any atom is 0.0702 e. The molecule has 0 spiro atoms. The van der Waals surface area contributed by atoms with Crippen molar-refractivity contribution in [1.29, 1.82) is 0 Å². The number of para-hydroxylation sites is 2. The Morgan fingerprint density at radius 2 is 1.04 bits per heavy atom. The second-order valence-electron chi connectivity index (χ2n) is 12.9. The van der Waals surface area contributed by atoms with Crippen LogP contribution in [0.1, 0.15) is 27.7 Å². The van der Waals surface area contributed by atoms with Gasteiger partial charge in [-0.1, -0.05) is 93.7 Å². The molecule has 4 heterocycles. The molecule has 0 amide bonds. The van der Waals surface area contributed by atoms with E-state index in [1.54, 1.807) is 0 Å². The van der Waals surface area contributed by atoms with Gasteiger partial charge in [-0.3, -0.25) is 4.98 Å². The summed E-state index contributed by atoms with van der Waals surface area (Å²) in [7, 11) is 0. The van der Waals surface area contributed by atoms with Crippen LogP contribution >= 0.6 is 0 Å². The molecule has 0 bridgehead atoms. The zero-order valence-electron chi connectivity index (χ0n) is 27.3. The number of hydrogen-bond acceptors (Lipinski definition) is 2. The maximum atomic E-state index is 4.48. The number of benzene rings is 4. The van der Waals surface area contributed by atoms with Gasteiger partial charge in [0.1, 0.15) is 0 Å². The third-order valence-corrected chi connectivity index (χ3v) is 8.47. The molecule has 4 nitrogen and oxygen atoms in total. The molecule has 0 aliphatic heterocycles. The van der Waals surface area contributed by atoms with Crippen molar-refractivity contribution in [2.45, 2.75) is 40.8 Å². The maximum absolute atomic E-state index is 4.48. The first-order chi connectivity index (χ1) is 22.5. The van der Waals surface area contributed by atoms with E-state index in [0.717, 1.165) is 30.0 Å². The van der Waals surface area contributed by atoms with Crippen LogP contribution in [0.4, 0.5) is 0 Å². The molecule has 0 saturated carbocycles. The quantitative estimate of drug-likeness (QED) is 0.157. The van der Waals surface area contributed by atoms with Crippen LogP contribution in [0.2, 0.25) is 0 Å². The normalized spacial score (nSPS) is 11.4. The molecule has 47 heavy (non-hydrogen) atoms. The number of aromatic nitrogens is 4. The van der Waals surface area contributed by atoms with Crippen LogP contribution in [0.15, 0.2) is 128 Å². The summed E-state index contributed by atoms with van der Waals surface area (Å²) in [6.07, 6.45) is 3.68. The molecule has 1 radical (unpaired) electrons. The van der Waals surface area contributed by atoms with Gasteiger partial charge in [0.25, 0.3) is 0 Å². The molecule has 5 heteroatoms. The minimum absolute atomic E-state index is 0. The summed E-state index contributed by atoms with van der Waals surface area (Å²) in [4.78, 5) is 8.94. The third kappa shape index (κ3) is 6.52. The monoisotopic (exact) mass is 792 g/mol. The second-order valence-corrected chi connectivity index (χ2v) is 12.9. The van der Waals surface area contributed by atoms with E-state index >= 15 is 0 Å². The summed E-state index contributed by atoms with van der Waals surface area (Å²) in [5.74, 6) is 1.22. The molecule has 8 aromatic rings. The average Bonchev–Trinajstić information content (AvgIpc) is 3.57. The van der Waals surface area contributed by atoms with E-state index in [9.17, 15) is 0 Å². The van der Waals surface area contributed by atoms with Gasteiger partial charge in [-0.2, -0.15) is 0 Å². The second kappa shape index (κ2) is 14.0. The number of hydrogen-bond donors (Lipinski definition) is 0. The third-order valence-electron chi connectivity index (χ3n) is 8.47. The smallest absolute Gasteiger partial charge is 0.0702 e.